The molecule has 3 heteroatoms. The lowest BCUT2D eigenvalue weighted by atomic mass is 10.7. The van der Waals surface area contributed by atoms with E-state index in [9.17, 15) is 0 Å². The molecule has 0 atom stereocenters. The predicted octanol–water partition coefficient (Wildman–Crippen LogP) is 1.24. The Balaban J connectivity index is 2.19. The smallest absolute Gasteiger partial charge is 0.194 e. The third kappa shape index (κ3) is 4.70. The largest absolute Gasteiger partial charge is 0.297 e. The van der Waals surface area contributed by atoms with Crippen molar-refractivity contribution < 1.29 is 0 Å². The van der Waals surface area contributed by atoms with Crippen LogP contribution in [0, 0.1) is 0 Å². The topological polar surface area (TPSA) is 0 Å². The highest BCUT2D eigenvalue weighted by molar-refractivity contribution is 8.26. The molecule has 0 fully saturated rings. The molecule has 0 aliphatic carbocycles. The van der Waals surface area contributed by atoms with Crippen LogP contribution >= 0.6 is 23.1 Å². The number of rotatable bonds is 2. The van der Waals surface area contributed by atoms with E-state index in [4.69, 9.17) is 11.5 Å². The number of halogens is 1. The minimum absolute atomic E-state index is 0.733. The molecule has 0 aliphatic heterocycles. The minimum Gasteiger partial charge on any atom is -0.194 e. The molecule has 0 unspecified atom stereocenters. The molecule has 0 radical (unpaired) electrons. The molecule has 0 aliphatic rings. The zero-order chi connectivity index (χ0) is 4.12. The highest BCUT2D eigenvalue weighted by atomic mass is 35.5. The van der Waals surface area contributed by atoms with Gasteiger partial charge in [-0.25, -0.2) is 0 Å². The molecular formula is C2H6BClS. The Kier molecular flexibility index (Phi) is 5.37. The van der Waals surface area contributed by atoms with E-state index in [1.54, 1.807) is 11.6 Å². The second-order valence-electron chi connectivity index (χ2n) is 0.602. The second kappa shape index (κ2) is 4.70. The third-order valence-corrected chi connectivity index (χ3v) is 1.31. The van der Waals surface area contributed by atoms with Crippen LogP contribution < -0.4 is 0 Å². The van der Waals surface area contributed by atoms with Crippen molar-refractivity contribution in [1.29, 1.82) is 0 Å². The van der Waals surface area contributed by atoms with Gasteiger partial charge in [-0.1, -0.05) is 6.92 Å². The van der Waals surface area contributed by atoms with Crippen molar-refractivity contribution in [2.24, 2.45) is 0 Å². The molecule has 0 amide bonds. The van der Waals surface area contributed by atoms with E-state index >= 15 is 0 Å². The van der Waals surface area contributed by atoms with Crippen LogP contribution in [0.15, 0.2) is 0 Å². The van der Waals surface area contributed by atoms with Gasteiger partial charge in [0.15, 0.2) is 0 Å². The zero-order valence-electron chi connectivity index (χ0n) is 3.20. The van der Waals surface area contributed by atoms with Gasteiger partial charge in [-0.15, -0.1) is 0 Å². The predicted molar refractivity (Wildman–Crippen MR) is 31.1 cm³/mol. The van der Waals surface area contributed by atoms with Crippen LogP contribution in [-0.4, -0.2) is 11.7 Å². The molecule has 0 heterocycles. The summed E-state index contributed by atoms with van der Waals surface area (Å²) in [5.74, 6) is 1.86. The lowest BCUT2D eigenvalue weighted by molar-refractivity contribution is 1.54. The standard InChI is InChI=1S/C2H6BClS/c1-2-5-3-4/h3H,2H2,1H3. The van der Waals surface area contributed by atoms with E-state index in [0.29, 0.717) is 0 Å². The molecule has 5 heavy (non-hydrogen) atoms. The fourth-order valence-corrected chi connectivity index (χ4v) is 0.694. The van der Waals surface area contributed by atoms with Crippen molar-refractivity contribution in [2.75, 3.05) is 5.75 Å². The van der Waals surface area contributed by atoms with Crippen LogP contribution in [0.2, 0.25) is 0 Å². The van der Waals surface area contributed by atoms with Crippen LogP contribution in [0.25, 0.3) is 0 Å². The van der Waals surface area contributed by atoms with E-state index in [2.05, 4.69) is 6.92 Å². The minimum atomic E-state index is 0.733. The fourth-order valence-electron chi connectivity index (χ4n) is 0.0772. The van der Waals surface area contributed by atoms with Crippen molar-refractivity contribution in [3.63, 3.8) is 0 Å². The first-order valence-corrected chi connectivity index (χ1v) is 3.24. The van der Waals surface area contributed by atoms with Gasteiger partial charge in [-0.2, -0.15) is 23.1 Å². The van der Waals surface area contributed by atoms with Crippen LogP contribution in [-0.2, 0) is 0 Å². The molecule has 30 valence electrons. The Morgan fingerprint density at radius 2 is 2.60 bits per heavy atom. The van der Waals surface area contributed by atoms with Crippen molar-refractivity contribution in [3.8, 4) is 0 Å². The molecule has 0 saturated carbocycles. The molecule has 0 aromatic heterocycles. The molecule has 0 saturated heterocycles. The maximum Gasteiger partial charge on any atom is 0.297 e. The van der Waals surface area contributed by atoms with Crippen molar-refractivity contribution in [2.45, 2.75) is 6.92 Å². The molecule has 0 spiro atoms. The van der Waals surface area contributed by atoms with Gasteiger partial charge < -0.3 is 0 Å². The van der Waals surface area contributed by atoms with Crippen LogP contribution in [0.3, 0.4) is 0 Å². The van der Waals surface area contributed by atoms with Crippen molar-refractivity contribution in [3.05, 3.63) is 0 Å². The molecule has 0 N–H and O–H groups in total. The summed E-state index contributed by atoms with van der Waals surface area (Å²) in [6.07, 6.45) is 0. The SMILES string of the molecule is CCSBCl. The summed E-state index contributed by atoms with van der Waals surface area (Å²) in [6.45, 7) is 2.09. The zero-order valence-corrected chi connectivity index (χ0v) is 4.77. The Labute approximate surface area is 42.3 Å². The second-order valence-corrected chi connectivity index (χ2v) is 2.46. The number of hydrogen-bond acceptors (Lipinski definition) is 1. The van der Waals surface area contributed by atoms with E-state index < -0.39 is 0 Å². The van der Waals surface area contributed by atoms with Crippen molar-refractivity contribution >= 4 is 29.0 Å². The average Bonchev–Trinajstić information content (AvgIpc) is 1.41. The van der Waals surface area contributed by atoms with E-state index in [1.165, 1.54) is 0 Å². The van der Waals surface area contributed by atoms with Crippen molar-refractivity contribution in [1.82, 2.24) is 0 Å². The van der Waals surface area contributed by atoms with Gasteiger partial charge in [0.2, 0.25) is 0 Å². The first-order valence-electron chi connectivity index (χ1n) is 1.55. The first kappa shape index (κ1) is 5.70. The van der Waals surface area contributed by atoms with Gasteiger partial charge in [-0.3, -0.25) is 0 Å². The van der Waals surface area contributed by atoms with E-state index in [1.807, 2.05) is 0 Å². The summed E-state index contributed by atoms with van der Waals surface area (Å²) in [6, 6.07) is 0. The normalized spacial score (nSPS) is 7.60. The highest BCUT2D eigenvalue weighted by Gasteiger charge is 1.74. The monoisotopic (exact) mass is 108 g/mol. The van der Waals surface area contributed by atoms with Crippen LogP contribution in [0.1, 0.15) is 6.92 Å². The first-order chi connectivity index (χ1) is 2.41. The summed E-state index contributed by atoms with van der Waals surface area (Å²) >= 11 is 6.99. The summed E-state index contributed by atoms with van der Waals surface area (Å²) in [5, 5.41) is 0. The van der Waals surface area contributed by atoms with Gasteiger partial charge in [0.1, 0.15) is 0 Å². The molecular weight excluding hydrogens is 102 g/mol. The van der Waals surface area contributed by atoms with Crippen LogP contribution in [0.4, 0.5) is 0 Å². The Morgan fingerprint density at radius 1 is 2.00 bits per heavy atom. The Hall–Kier alpha value is 0.705. The Bertz CT molecular complexity index is 17.1. The van der Waals surface area contributed by atoms with Gasteiger partial charge in [-0.05, 0) is 5.75 Å². The summed E-state index contributed by atoms with van der Waals surface area (Å²) in [7, 11) is 0. The van der Waals surface area contributed by atoms with Gasteiger partial charge in [0, 0.05) is 0 Å². The third-order valence-electron chi connectivity index (χ3n) is 0.281. The Morgan fingerprint density at radius 3 is 2.60 bits per heavy atom. The van der Waals surface area contributed by atoms with Gasteiger partial charge in [0.25, 0.3) is 5.97 Å². The summed E-state index contributed by atoms with van der Waals surface area (Å²) < 4.78 is 0. The molecule has 0 bridgehead atoms. The van der Waals surface area contributed by atoms with Gasteiger partial charge >= 0.3 is 0 Å². The average molecular weight is 108 g/mol. The maximum atomic E-state index is 5.26. The molecule has 0 aromatic carbocycles. The molecule has 0 rings (SSSR count). The lowest BCUT2D eigenvalue weighted by Gasteiger charge is -1.76. The quantitative estimate of drug-likeness (QED) is 0.480. The van der Waals surface area contributed by atoms with E-state index in [-0.39, 0.29) is 0 Å². The van der Waals surface area contributed by atoms with Gasteiger partial charge in [0.05, 0.1) is 0 Å². The van der Waals surface area contributed by atoms with E-state index in [0.717, 1.165) is 11.7 Å². The molecule has 0 nitrogen and oxygen atoms in total. The van der Waals surface area contributed by atoms with Crippen LogP contribution in [0.5, 0.6) is 0 Å². The molecule has 0 aromatic rings. The number of hydrogen-bond donors (Lipinski definition) is 0. The summed E-state index contributed by atoms with van der Waals surface area (Å²) in [5.41, 5.74) is 0. The fraction of sp³-hybridized carbons (Fsp3) is 1.00. The summed E-state index contributed by atoms with van der Waals surface area (Å²) in [4.78, 5) is 0. The maximum absolute atomic E-state index is 5.26. The lowest BCUT2D eigenvalue weighted by Crippen LogP contribution is -1.65. The highest BCUT2D eigenvalue weighted by Crippen LogP contribution is 1.94.